The highest BCUT2D eigenvalue weighted by Gasteiger charge is 2.38. The van der Waals surface area contributed by atoms with Crippen molar-refractivity contribution < 1.29 is 32.0 Å². The molecule has 10 heteroatoms. The van der Waals surface area contributed by atoms with Crippen LogP contribution in [-0.2, 0) is 9.53 Å². The molecule has 0 unspecified atom stereocenters. The van der Waals surface area contributed by atoms with Gasteiger partial charge in [-0.25, -0.2) is 13.2 Å². The van der Waals surface area contributed by atoms with Gasteiger partial charge in [0, 0.05) is 43.4 Å². The summed E-state index contributed by atoms with van der Waals surface area (Å²) >= 11 is 0. The first-order valence-corrected chi connectivity index (χ1v) is 11.1. The van der Waals surface area contributed by atoms with Crippen LogP contribution in [0.2, 0.25) is 0 Å². The highest BCUT2D eigenvalue weighted by molar-refractivity contribution is 5.93. The van der Waals surface area contributed by atoms with E-state index in [0.717, 1.165) is 25.5 Å². The van der Waals surface area contributed by atoms with Gasteiger partial charge in [-0.15, -0.1) is 0 Å². The molecule has 2 aliphatic rings. The molecular formula is C23H26F3N3O4. The Bertz CT molecular complexity index is 999. The Labute approximate surface area is 189 Å². The lowest BCUT2D eigenvalue weighted by molar-refractivity contribution is -0.148. The number of methoxy groups -OCH3 is 1. The van der Waals surface area contributed by atoms with E-state index in [0.29, 0.717) is 31.1 Å². The summed E-state index contributed by atoms with van der Waals surface area (Å²) in [6.07, 6.45) is 6.33. The van der Waals surface area contributed by atoms with Gasteiger partial charge in [0.2, 0.25) is 0 Å². The summed E-state index contributed by atoms with van der Waals surface area (Å²) in [6, 6.07) is 2.06. The quantitative estimate of drug-likeness (QED) is 0.679. The summed E-state index contributed by atoms with van der Waals surface area (Å²) < 4.78 is 51.1. The molecule has 0 radical (unpaired) electrons. The standard InChI is InChI=1S/C23H26F3N3O4/c1-32-23(31)15-12-29(14-5-3-2-4-6-14)8-7-18(15)27-22(30)19-11-20(33-28-19)21-16(25)9-13(24)10-17(21)26/h9-11,14-15,18H,2-8,12H2,1H3,(H,27,30)/t15-,18-/m1/s1. The molecular weight excluding hydrogens is 439 g/mol. The maximum Gasteiger partial charge on any atom is 0.312 e. The van der Waals surface area contributed by atoms with Gasteiger partial charge in [0.25, 0.3) is 5.91 Å². The Balaban J connectivity index is 1.47. The molecule has 1 aliphatic carbocycles. The summed E-state index contributed by atoms with van der Waals surface area (Å²) in [5.41, 5.74) is -0.817. The van der Waals surface area contributed by atoms with E-state index in [4.69, 9.17) is 9.26 Å². The molecule has 2 fully saturated rings. The molecule has 2 aromatic rings. The van der Waals surface area contributed by atoms with E-state index in [1.165, 1.54) is 26.4 Å². The lowest BCUT2D eigenvalue weighted by Gasteiger charge is -2.42. The van der Waals surface area contributed by atoms with Crippen LogP contribution < -0.4 is 5.32 Å². The topological polar surface area (TPSA) is 84.7 Å². The molecule has 1 aromatic carbocycles. The van der Waals surface area contributed by atoms with Crippen LogP contribution >= 0.6 is 0 Å². The molecule has 4 rings (SSSR count). The minimum Gasteiger partial charge on any atom is -0.469 e. The molecule has 2 atom stereocenters. The van der Waals surface area contributed by atoms with Gasteiger partial charge in [0.05, 0.1) is 18.6 Å². The average molecular weight is 465 g/mol. The summed E-state index contributed by atoms with van der Waals surface area (Å²) in [5.74, 6) is -5.35. The fourth-order valence-electron chi connectivity index (χ4n) is 4.84. The molecule has 1 N–H and O–H groups in total. The zero-order valence-electron chi connectivity index (χ0n) is 18.3. The van der Waals surface area contributed by atoms with E-state index in [2.05, 4.69) is 15.4 Å². The van der Waals surface area contributed by atoms with Crippen molar-refractivity contribution in [1.29, 1.82) is 0 Å². The number of aromatic nitrogens is 1. The van der Waals surface area contributed by atoms with Crippen LogP contribution in [0, 0.1) is 23.4 Å². The van der Waals surface area contributed by atoms with E-state index in [1.54, 1.807) is 0 Å². The number of benzene rings is 1. The van der Waals surface area contributed by atoms with Gasteiger partial charge in [-0.1, -0.05) is 24.4 Å². The van der Waals surface area contributed by atoms with Crippen LogP contribution in [0.1, 0.15) is 49.0 Å². The normalized spacial score (nSPS) is 22.2. The first-order chi connectivity index (χ1) is 15.9. The van der Waals surface area contributed by atoms with E-state index in [9.17, 15) is 22.8 Å². The molecule has 2 heterocycles. The molecule has 0 spiro atoms. The SMILES string of the molecule is COC(=O)[C@@H]1CN(C2CCCCC2)CC[C@H]1NC(=O)c1cc(-c2c(F)cc(F)cc2F)on1. The van der Waals surface area contributed by atoms with Gasteiger partial charge in [0.1, 0.15) is 17.5 Å². The highest BCUT2D eigenvalue weighted by atomic mass is 19.1. The number of hydrogen-bond donors (Lipinski definition) is 1. The minimum atomic E-state index is -1.17. The van der Waals surface area contributed by atoms with Gasteiger partial charge in [-0.2, -0.15) is 0 Å². The molecule has 7 nitrogen and oxygen atoms in total. The number of amides is 1. The van der Waals surface area contributed by atoms with Gasteiger partial charge in [-0.05, 0) is 19.3 Å². The molecule has 178 valence electrons. The summed E-state index contributed by atoms with van der Waals surface area (Å²) in [4.78, 5) is 27.5. The van der Waals surface area contributed by atoms with Crippen LogP contribution in [0.3, 0.4) is 0 Å². The number of carbonyl (C=O) groups is 2. The highest BCUT2D eigenvalue weighted by Crippen LogP contribution is 2.29. The summed E-state index contributed by atoms with van der Waals surface area (Å²) in [6.45, 7) is 1.22. The third kappa shape index (κ3) is 5.05. The second kappa shape index (κ2) is 9.94. The monoisotopic (exact) mass is 465 g/mol. The van der Waals surface area contributed by atoms with Crippen molar-refractivity contribution in [2.45, 2.75) is 50.6 Å². The van der Waals surface area contributed by atoms with Crippen molar-refractivity contribution in [2.24, 2.45) is 5.92 Å². The smallest absolute Gasteiger partial charge is 0.312 e. The molecule has 0 bridgehead atoms. The predicted octanol–water partition coefficient (Wildman–Crippen LogP) is 3.68. The second-order valence-electron chi connectivity index (χ2n) is 8.61. The second-order valence-corrected chi connectivity index (χ2v) is 8.61. The van der Waals surface area contributed by atoms with Crippen molar-refractivity contribution in [3.8, 4) is 11.3 Å². The van der Waals surface area contributed by atoms with Crippen LogP contribution in [0.4, 0.5) is 13.2 Å². The Hall–Kier alpha value is -2.88. The van der Waals surface area contributed by atoms with Crippen LogP contribution in [0.15, 0.2) is 22.7 Å². The number of nitrogens with one attached hydrogen (secondary N) is 1. The Morgan fingerprint density at radius 1 is 1.09 bits per heavy atom. The maximum absolute atomic E-state index is 14.0. The average Bonchev–Trinajstić information content (AvgIpc) is 3.28. The zero-order valence-corrected chi connectivity index (χ0v) is 18.3. The third-order valence-corrected chi connectivity index (χ3v) is 6.55. The number of nitrogens with zero attached hydrogens (tertiary/aromatic N) is 2. The van der Waals surface area contributed by atoms with Gasteiger partial charge >= 0.3 is 5.97 Å². The number of esters is 1. The van der Waals surface area contributed by atoms with Gasteiger partial charge in [0.15, 0.2) is 11.5 Å². The Kier molecular flexibility index (Phi) is 7.02. The lowest BCUT2D eigenvalue weighted by atomic mass is 9.87. The van der Waals surface area contributed by atoms with Gasteiger partial charge < -0.3 is 14.6 Å². The number of ether oxygens (including phenoxy) is 1. The van der Waals surface area contributed by atoms with E-state index >= 15 is 0 Å². The zero-order chi connectivity index (χ0) is 23.5. The Morgan fingerprint density at radius 3 is 2.45 bits per heavy atom. The van der Waals surface area contributed by atoms with Crippen molar-refractivity contribution in [3.63, 3.8) is 0 Å². The van der Waals surface area contributed by atoms with Crippen molar-refractivity contribution >= 4 is 11.9 Å². The van der Waals surface area contributed by atoms with E-state index < -0.39 is 46.9 Å². The molecule has 33 heavy (non-hydrogen) atoms. The lowest BCUT2D eigenvalue weighted by Crippen LogP contribution is -2.56. The number of halogens is 3. The molecule has 1 amide bonds. The molecule has 1 saturated heterocycles. The molecule has 1 aromatic heterocycles. The van der Waals surface area contributed by atoms with Gasteiger partial charge in [-0.3, -0.25) is 14.5 Å². The number of carbonyl (C=O) groups excluding carboxylic acids is 2. The number of piperidine rings is 1. The van der Waals surface area contributed by atoms with Crippen LogP contribution in [-0.4, -0.2) is 54.2 Å². The summed E-state index contributed by atoms with van der Waals surface area (Å²) in [5, 5.41) is 6.39. The number of hydrogen-bond acceptors (Lipinski definition) is 6. The fraction of sp³-hybridized carbons (Fsp3) is 0.522. The third-order valence-electron chi connectivity index (χ3n) is 6.55. The number of rotatable bonds is 5. The predicted molar refractivity (Wildman–Crippen MR) is 112 cm³/mol. The van der Waals surface area contributed by atoms with Crippen molar-refractivity contribution in [2.75, 3.05) is 20.2 Å². The van der Waals surface area contributed by atoms with Crippen molar-refractivity contribution in [1.82, 2.24) is 15.4 Å². The van der Waals surface area contributed by atoms with E-state index in [-0.39, 0.29) is 11.5 Å². The number of likely N-dealkylation sites (tertiary alicyclic amines) is 1. The van der Waals surface area contributed by atoms with Crippen molar-refractivity contribution in [3.05, 3.63) is 41.3 Å². The van der Waals surface area contributed by atoms with Crippen LogP contribution in [0.25, 0.3) is 11.3 Å². The fourth-order valence-corrected chi connectivity index (χ4v) is 4.84. The summed E-state index contributed by atoms with van der Waals surface area (Å²) in [7, 11) is 1.32. The maximum atomic E-state index is 14.0. The minimum absolute atomic E-state index is 0.202. The first-order valence-electron chi connectivity index (χ1n) is 11.1. The van der Waals surface area contributed by atoms with E-state index in [1.807, 2.05) is 0 Å². The van der Waals surface area contributed by atoms with Crippen LogP contribution in [0.5, 0.6) is 0 Å². The Morgan fingerprint density at radius 2 is 1.79 bits per heavy atom. The largest absolute Gasteiger partial charge is 0.469 e. The first kappa shape index (κ1) is 23.3. The molecule has 1 aliphatic heterocycles. The molecule has 1 saturated carbocycles.